The zero-order chi connectivity index (χ0) is 15.5. The Bertz CT molecular complexity index is 596. The van der Waals surface area contributed by atoms with Crippen LogP contribution >= 0.6 is 0 Å². The number of carbonyl (C=O) groups excluding carboxylic acids is 1. The van der Waals surface area contributed by atoms with Crippen molar-refractivity contribution < 1.29 is 19.0 Å². The van der Waals surface area contributed by atoms with Crippen molar-refractivity contribution in [3.63, 3.8) is 0 Å². The van der Waals surface area contributed by atoms with E-state index >= 15 is 0 Å². The number of rotatable bonds is 3. The monoisotopic (exact) mass is 303 g/mol. The van der Waals surface area contributed by atoms with Crippen molar-refractivity contribution in [3.05, 3.63) is 41.2 Å². The molecule has 118 valence electrons. The van der Waals surface area contributed by atoms with Crippen molar-refractivity contribution in [2.45, 2.75) is 25.3 Å². The van der Waals surface area contributed by atoms with E-state index in [2.05, 4.69) is 21.8 Å². The fourth-order valence-corrected chi connectivity index (χ4v) is 3.23. The summed E-state index contributed by atoms with van der Waals surface area (Å²) in [6.45, 7) is 1.65. The first kappa shape index (κ1) is 14.9. The third kappa shape index (κ3) is 3.09. The first-order chi connectivity index (χ1) is 10.7. The van der Waals surface area contributed by atoms with Crippen molar-refractivity contribution in [1.29, 1.82) is 0 Å². The molecule has 1 aromatic carbocycles. The highest BCUT2D eigenvalue weighted by molar-refractivity contribution is 5.61. The van der Waals surface area contributed by atoms with Gasteiger partial charge in [-0.15, -0.1) is 0 Å². The summed E-state index contributed by atoms with van der Waals surface area (Å²) in [7, 11) is 3.02. The van der Waals surface area contributed by atoms with Crippen LogP contribution in [0.2, 0.25) is 0 Å². The second-order valence-corrected chi connectivity index (χ2v) is 5.68. The van der Waals surface area contributed by atoms with E-state index in [1.165, 1.54) is 18.2 Å². The van der Waals surface area contributed by atoms with Gasteiger partial charge >= 0.3 is 6.16 Å². The zero-order valence-electron chi connectivity index (χ0n) is 13.0. The van der Waals surface area contributed by atoms with Crippen LogP contribution in [0.1, 0.15) is 17.5 Å². The van der Waals surface area contributed by atoms with E-state index in [1.807, 2.05) is 12.1 Å². The molecule has 0 aromatic heterocycles. The second kappa shape index (κ2) is 6.40. The molecule has 0 spiro atoms. The minimum atomic E-state index is -0.646. The highest BCUT2D eigenvalue weighted by Gasteiger charge is 2.29. The molecule has 0 bridgehead atoms. The molecule has 0 saturated heterocycles. The quantitative estimate of drug-likeness (QED) is 0.803. The average molecular weight is 303 g/mol. The van der Waals surface area contributed by atoms with Crippen LogP contribution in [0.15, 0.2) is 30.0 Å². The minimum absolute atomic E-state index is 0.451. The Labute approximate surface area is 130 Å². The van der Waals surface area contributed by atoms with Gasteiger partial charge in [0, 0.05) is 12.6 Å². The smallest absolute Gasteiger partial charge is 0.497 e. The summed E-state index contributed by atoms with van der Waals surface area (Å²) in [4.78, 5) is 13.6. The molecule has 1 unspecified atom stereocenters. The van der Waals surface area contributed by atoms with Crippen LogP contribution in [0.3, 0.4) is 0 Å². The zero-order valence-corrected chi connectivity index (χ0v) is 13.0. The van der Waals surface area contributed by atoms with E-state index in [4.69, 9.17) is 9.47 Å². The van der Waals surface area contributed by atoms with Crippen LogP contribution in [0.5, 0.6) is 5.75 Å². The van der Waals surface area contributed by atoms with Gasteiger partial charge in [-0.2, -0.15) is 0 Å². The number of hydrogen-bond donors (Lipinski definition) is 0. The van der Waals surface area contributed by atoms with Crippen LogP contribution in [0, 0.1) is 0 Å². The fraction of sp³-hybridized carbons (Fsp3) is 0.471. The SMILES string of the molecule is COC(=O)OC1=CCCN(C2Cc3ccc(OC)cc3C2)C1. The third-order valence-corrected chi connectivity index (χ3v) is 4.37. The largest absolute Gasteiger partial charge is 0.513 e. The normalized spacial score (nSPS) is 21.0. The Morgan fingerprint density at radius 3 is 2.82 bits per heavy atom. The molecule has 0 amide bonds. The summed E-state index contributed by atoms with van der Waals surface area (Å²) in [5.41, 5.74) is 2.74. The van der Waals surface area contributed by atoms with E-state index in [-0.39, 0.29) is 0 Å². The van der Waals surface area contributed by atoms with E-state index < -0.39 is 6.16 Å². The van der Waals surface area contributed by atoms with E-state index in [0.29, 0.717) is 18.3 Å². The molecule has 1 aromatic rings. The molecule has 0 saturated carbocycles. The van der Waals surface area contributed by atoms with Crippen LogP contribution < -0.4 is 4.74 Å². The predicted molar refractivity (Wildman–Crippen MR) is 82.0 cm³/mol. The molecule has 0 N–H and O–H groups in total. The van der Waals surface area contributed by atoms with Gasteiger partial charge in [-0.3, -0.25) is 4.90 Å². The van der Waals surface area contributed by atoms with Gasteiger partial charge in [0.15, 0.2) is 0 Å². The molecule has 1 heterocycles. The molecule has 0 radical (unpaired) electrons. The predicted octanol–water partition coefficient (Wildman–Crippen LogP) is 2.54. The first-order valence-electron chi connectivity index (χ1n) is 7.54. The summed E-state index contributed by atoms with van der Waals surface area (Å²) >= 11 is 0. The molecular formula is C17H21NO4. The van der Waals surface area contributed by atoms with Gasteiger partial charge < -0.3 is 14.2 Å². The number of carbonyl (C=O) groups is 1. The Morgan fingerprint density at radius 1 is 1.23 bits per heavy atom. The van der Waals surface area contributed by atoms with Crippen molar-refractivity contribution >= 4 is 6.16 Å². The molecule has 5 nitrogen and oxygen atoms in total. The fourth-order valence-electron chi connectivity index (χ4n) is 3.23. The number of ether oxygens (including phenoxy) is 3. The van der Waals surface area contributed by atoms with Gasteiger partial charge in [0.25, 0.3) is 0 Å². The Morgan fingerprint density at radius 2 is 2.05 bits per heavy atom. The van der Waals surface area contributed by atoms with Crippen LogP contribution in [0.4, 0.5) is 4.79 Å². The molecule has 1 aliphatic carbocycles. The summed E-state index contributed by atoms with van der Waals surface area (Å²) in [5, 5.41) is 0. The van der Waals surface area contributed by atoms with Gasteiger partial charge in [0.05, 0.1) is 20.8 Å². The highest BCUT2D eigenvalue weighted by Crippen LogP contribution is 2.30. The van der Waals surface area contributed by atoms with Crippen molar-refractivity contribution in [3.8, 4) is 5.75 Å². The van der Waals surface area contributed by atoms with Crippen LogP contribution in [-0.4, -0.2) is 44.4 Å². The average Bonchev–Trinajstić information content (AvgIpc) is 2.98. The number of benzene rings is 1. The molecule has 1 aliphatic heterocycles. The van der Waals surface area contributed by atoms with Gasteiger partial charge in [-0.25, -0.2) is 4.79 Å². The summed E-state index contributed by atoms with van der Waals surface area (Å²) in [6.07, 6.45) is 4.26. The molecule has 3 rings (SSSR count). The maximum absolute atomic E-state index is 11.2. The van der Waals surface area contributed by atoms with Gasteiger partial charge in [-0.05, 0) is 48.6 Å². The van der Waals surface area contributed by atoms with E-state index in [0.717, 1.165) is 31.6 Å². The lowest BCUT2D eigenvalue weighted by atomic mass is 10.1. The summed E-state index contributed by atoms with van der Waals surface area (Å²) in [6, 6.07) is 6.75. The van der Waals surface area contributed by atoms with Crippen molar-refractivity contribution in [2.75, 3.05) is 27.3 Å². The number of methoxy groups -OCH3 is 2. The molecule has 1 atom stereocenters. The maximum Gasteiger partial charge on any atom is 0.513 e. The third-order valence-electron chi connectivity index (χ3n) is 4.37. The highest BCUT2D eigenvalue weighted by atomic mass is 16.7. The van der Waals surface area contributed by atoms with Crippen molar-refractivity contribution in [1.82, 2.24) is 4.90 Å². The van der Waals surface area contributed by atoms with Gasteiger partial charge in [0.2, 0.25) is 0 Å². The molecular weight excluding hydrogens is 282 g/mol. The topological polar surface area (TPSA) is 48.0 Å². The molecule has 5 heteroatoms. The number of fused-ring (bicyclic) bond motifs is 1. The molecule has 22 heavy (non-hydrogen) atoms. The minimum Gasteiger partial charge on any atom is -0.497 e. The molecule has 2 aliphatic rings. The summed E-state index contributed by atoms with van der Waals surface area (Å²) in [5.74, 6) is 1.60. The standard InChI is InChI=1S/C17H21NO4/c1-20-15-6-5-12-8-14(9-13(12)10-15)18-7-3-4-16(11-18)22-17(19)21-2/h4-6,10,14H,3,7-9,11H2,1-2H3. The maximum atomic E-state index is 11.2. The first-order valence-corrected chi connectivity index (χ1v) is 7.54. The Balaban J connectivity index is 1.64. The lowest BCUT2D eigenvalue weighted by Gasteiger charge is -2.31. The number of nitrogens with zero attached hydrogens (tertiary/aromatic N) is 1. The molecule has 0 fully saturated rings. The Kier molecular flexibility index (Phi) is 4.34. The van der Waals surface area contributed by atoms with Gasteiger partial charge in [-0.1, -0.05) is 6.07 Å². The lowest BCUT2D eigenvalue weighted by molar-refractivity contribution is 0.0827. The van der Waals surface area contributed by atoms with E-state index in [9.17, 15) is 4.79 Å². The Hall–Kier alpha value is -2.01. The van der Waals surface area contributed by atoms with Gasteiger partial charge in [0.1, 0.15) is 11.5 Å². The van der Waals surface area contributed by atoms with E-state index in [1.54, 1.807) is 7.11 Å². The second-order valence-electron chi connectivity index (χ2n) is 5.68. The summed E-state index contributed by atoms with van der Waals surface area (Å²) < 4.78 is 15.0. The van der Waals surface area contributed by atoms with Crippen LogP contribution in [-0.2, 0) is 22.3 Å². The van der Waals surface area contributed by atoms with Crippen LogP contribution in [0.25, 0.3) is 0 Å². The lowest BCUT2D eigenvalue weighted by Crippen LogP contribution is -2.40. The van der Waals surface area contributed by atoms with Crippen molar-refractivity contribution in [2.24, 2.45) is 0 Å². The number of hydrogen-bond acceptors (Lipinski definition) is 5.